The van der Waals surface area contributed by atoms with Crippen molar-refractivity contribution in [3.05, 3.63) is 126 Å². The molecule has 0 aliphatic carbocycles. The summed E-state index contributed by atoms with van der Waals surface area (Å²) in [6.45, 7) is 1.98. The zero-order valence-electron chi connectivity index (χ0n) is 19.8. The minimum atomic E-state index is -0.397. The summed E-state index contributed by atoms with van der Waals surface area (Å²) >= 11 is 0. The lowest BCUT2D eigenvalue weighted by atomic mass is 9.89. The molecule has 1 aromatic heterocycles. The molecule has 0 fully saturated rings. The average molecular weight is 481 g/mol. The number of carbonyl (C=O) groups excluding carboxylic acids is 2. The minimum absolute atomic E-state index is 0.166. The van der Waals surface area contributed by atoms with Crippen LogP contribution in [0.1, 0.15) is 41.1 Å². The third-order valence-electron chi connectivity index (χ3n) is 6.39. The van der Waals surface area contributed by atoms with Crippen LogP contribution < -0.4 is 9.80 Å². The SMILES string of the molecule is C[C@H]1C[C@@H](N(C(=O)c2ccc(F)cc2)c2ccccc2)c2ccccc2N1C(=O)/C=C/c1ccco1. The van der Waals surface area contributed by atoms with Crippen molar-refractivity contribution in [3.63, 3.8) is 0 Å². The largest absolute Gasteiger partial charge is 0.465 e. The summed E-state index contributed by atoms with van der Waals surface area (Å²) in [7, 11) is 0. The van der Waals surface area contributed by atoms with E-state index in [4.69, 9.17) is 4.42 Å². The maximum atomic E-state index is 13.8. The highest BCUT2D eigenvalue weighted by Crippen LogP contribution is 2.42. The first kappa shape index (κ1) is 23.3. The van der Waals surface area contributed by atoms with Crippen molar-refractivity contribution in [2.75, 3.05) is 9.80 Å². The zero-order valence-corrected chi connectivity index (χ0v) is 19.8. The van der Waals surface area contributed by atoms with Gasteiger partial charge in [-0.2, -0.15) is 0 Å². The van der Waals surface area contributed by atoms with Crippen LogP contribution in [0.25, 0.3) is 6.08 Å². The van der Waals surface area contributed by atoms with E-state index in [1.165, 1.54) is 30.3 Å². The number of anilines is 2. The molecule has 6 heteroatoms. The number of hydrogen-bond acceptors (Lipinski definition) is 3. The lowest BCUT2D eigenvalue weighted by Gasteiger charge is -2.43. The van der Waals surface area contributed by atoms with Crippen LogP contribution in [0.4, 0.5) is 15.8 Å². The number of benzene rings is 3. The molecule has 1 aliphatic rings. The van der Waals surface area contributed by atoms with E-state index in [9.17, 15) is 14.0 Å². The third-order valence-corrected chi connectivity index (χ3v) is 6.39. The van der Waals surface area contributed by atoms with Gasteiger partial charge < -0.3 is 14.2 Å². The van der Waals surface area contributed by atoms with Crippen LogP contribution in [0.15, 0.2) is 108 Å². The number of rotatable bonds is 5. The fourth-order valence-corrected chi connectivity index (χ4v) is 4.74. The molecule has 0 radical (unpaired) electrons. The zero-order chi connectivity index (χ0) is 25.1. The summed E-state index contributed by atoms with van der Waals surface area (Å²) in [5.41, 5.74) is 2.75. The highest BCUT2D eigenvalue weighted by molar-refractivity contribution is 6.08. The Kier molecular flexibility index (Phi) is 6.50. The molecule has 4 aromatic rings. The van der Waals surface area contributed by atoms with Crippen LogP contribution in [0.5, 0.6) is 0 Å². The van der Waals surface area contributed by atoms with Gasteiger partial charge in [0, 0.05) is 29.1 Å². The molecular weight excluding hydrogens is 455 g/mol. The Hall–Kier alpha value is -4.45. The summed E-state index contributed by atoms with van der Waals surface area (Å²) < 4.78 is 18.9. The second-order valence-corrected chi connectivity index (χ2v) is 8.73. The summed E-state index contributed by atoms with van der Waals surface area (Å²) in [4.78, 5) is 30.6. The molecule has 1 aliphatic heterocycles. The Balaban J connectivity index is 1.55. The lowest BCUT2D eigenvalue weighted by molar-refractivity contribution is -0.114. The van der Waals surface area contributed by atoms with Crippen molar-refractivity contribution in [1.29, 1.82) is 0 Å². The first-order valence-electron chi connectivity index (χ1n) is 11.8. The molecule has 2 heterocycles. The molecule has 3 aromatic carbocycles. The van der Waals surface area contributed by atoms with E-state index in [0.29, 0.717) is 17.7 Å². The number of nitrogens with zero attached hydrogens (tertiary/aromatic N) is 2. The van der Waals surface area contributed by atoms with Crippen LogP contribution in [0.3, 0.4) is 0 Å². The van der Waals surface area contributed by atoms with Crippen LogP contribution in [-0.2, 0) is 4.79 Å². The quantitative estimate of drug-likeness (QED) is 0.301. The van der Waals surface area contributed by atoms with Gasteiger partial charge in [-0.15, -0.1) is 0 Å². The van der Waals surface area contributed by atoms with Gasteiger partial charge in [0.1, 0.15) is 11.6 Å². The molecule has 2 atom stereocenters. The monoisotopic (exact) mass is 480 g/mol. The minimum Gasteiger partial charge on any atom is -0.465 e. The standard InChI is InChI=1S/C30H25FN2O3/c1-21-20-28(33(24-8-3-2-4-9-24)30(35)22-13-15-23(31)16-14-22)26-11-5-6-12-27(26)32(21)29(34)18-17-25-10-7-19-36-25/h2-19,21,28H,20H2,1H3/b18-17+/t21-,28+/m0/s1. The number of furan rings is 1. The first-order valence-corrected chi connectivity index (χ1v) is 11.8. The Bertz CT molecular complexity index is 1380. The molecule has 0 bridgehead atoms. The van der Waals surface area contributed by atoms with Gasteiger partial charge in [0.15, 0.2) is 0 Å². The predicted molar refractivity (Wildman–Crippen MR) is 138 cm³/mol. The van der Waals surface area contributed by atoms with E-state index in [1.807, 2.05) is 61.5 Å². The summed E-state index contributed by atoms with van der Waals surface area (Å²) in [5.74, 6) is -0.197. The number of para-hydroxylation sites is 2. The fourth-order valence-electron chi connectivity index (χ4n) is 4.74. The normalized spacial score (nSPS) is 17.1. The third kappa shape index (κ3) is 4.58. The van der Waals surface area contributed by atoms with Crippen molar-refractivity contribution in [1.82, 2.24) is 0 Å². The Labute approximate surface area is 209 Å². The van der Waals surface area contributed by atoms with E-state index in [2.05, 4.69) is 0 Å². The van der Waals surface area contributed by atoms with Crippen LogP contribution >= 0.6 is 0 Å². The van der Waals surface area contributed by atoms with Crippen LogP contribution in [0, 0.1) is 5.82 Å². The maximum absolute atomic E-state index is 13.8. The van der Waals surface area contributed by atoms with Crippen LogP contribution in [-0.4, -0.2) is 17.9 Å². The highest BCUT2D eigenvalue weighted by atomic mass is 19.1. The van der Waals surface area contributed by atoms with Gasteiger partial charge in [-0.1, -0.05) is 36.4 Å². The first-order chi connectivity index (χ1) is 17.5. The van der Waals surface area contributed by atoms with Crippen molar-refractivity contribution >= 4 is 29.3 Å². The van der Waals surface area contributed by atoms with Crippen molar-refractivity contribution < 1.29 is 18.4 Å². The van der Waals surface area contributed by atoms with Crippen molar-refractivity contribution in [3.8, 4) is 0 Å². The van der Waals surface area contributed by atoms with E-state index < -0.39 is 5.82 Å². The van der Waals surface area contributed by atoms with Gasteiger partial charge >= 0.3 is 0 Å². The smallest absolute Gasteiger partial charge is 0.258 e. The molecule has 0 N–H and O–H groups in total. The summed E-state index contributed by atoms with van der Waals surface area (Å²) in [6, 6.07) is 25.7. The second kappa shape index (κ2) is 10.0. The van der Waals surface area contributed by atoms with E-state index in [0.717, 1.165) is 16.9 Å². The van der Waals surface area contributed by atoms with Gasteiger partial charge in [0.25, 0.3) is 11.8 Å². The molecule has 36 heavy (non-hydrogen) atoms. The summed E-state index contributed by atoms with van der Waals surface area (Å²) in [6.07, 6.45) is 5.24. The van der Waals surface area contributed by atoms with Gasteiger partial charge in [0.2, 0.25) is 0 Å². The van der Waals surface area contributed by atoms with Crippen molar-refractivity contribution in [2.45, 2.75) is 25.4 Å². The Morgan fingerprint density at radius 3 is 2.39 bits per heavy atom. The van der Waals surface area contributed by atoms with E-state index in [-0.39, 0.29) is 23.9 Å². The van der Waals surface area contributed by atoms with Gasteiger partial charge in [0.05, 0.1) is 12.3 Å². The van der Waals surface area contributed by atoms with E-state index >= 15 is 0 Å². The van der Waals surface area contributed by atoms with Gasteiger partial charge in [-0.05, 0) is 79.6 Å². The molecule has 0 saturated heterocycles. The molecule has 180 valence electrons. The number of carbonyl (C=O) groups is 2. The number of hydrogen-bond donors (Lipinski definition) is 0. The van der Waals surface area contributed by atoms with Gasteiger partial charge in [-0.25, -0.2) is 4.39 Å². The predicted octanol–water partition coefficient (Wildman–Crippen LogP) is 6.65. The molecule has 0 unspecified atom stereocenters. The Morgan fingerprint density at radius 2 is 1.67 bits per heavy atom. The molecule has 0 saturated carbocycles. The summed E-state index contributed by atoms with van der Waals surface area (Å²) in [5, 5.41) is 0. The number of halogens is 1. The maximum Gasteiger partial charge on any atom is 0.258 e. The number of amides is 2. The second-order valence-electron chi connectivity index (χ2n) is 8.73. The van der Waals surface area contributed by atoms with E-state index in [1.54, 1.807) is 34.3 Å². The lowest BCUT2D eigenvalue weighted by Crippen LogP contribution is -2.47. The highest BCUT2D eigenvalue weighted by Gasteiger charge is 2.38. The molecule has 5 nitrogen and oxygen atoms in total. The molecule has 0 spiro atoms. The average Bonchev–Trinajstić information content (AvgIpc) is 3.42. The Morgan fingerprint density at radius 1 is 0.944 bits per heavy atom. The molecule has 5 rings (SSSR count). The topological polar surface area (TPSA) is 53.8 Å². The molecular formula is C30H25FN2O3. The number of fused-ring (bicyclic) bond motifs is 1. The van der Waals surface area contributed by atoms with Gasteiger partial charge in [-0.3, -0.25) is 9.59 Å². The fraction of sp³-hybridized carbons (Fsp3) is 0.133. The van der Waals surface area contributed by atoms with Crippen LogP contribution in [0.2, 0.25) is 0 Å². The van der Waals surface area contributed by atoms with Crippen molar-refractivity contribution in [2.24, 2.45) is 0 Å². The molecule has 2 amide bonds.